The Hall–Kier alpha value is -5.57. The zero-order valence-electron chi connectivity index (χ0n) is 24.7. The van der Waals surface area contributed by atoms with Crippen molar-refractivity contribution in [2.24, 2.45) is 0 Å². The standard InChI is InChI=1S/C29H30ClN9O6/c1-29(2,3)45-27(42)31-15-23(34-25(40)12-7-18-13-19(30)8-11-24(18)39-16-32-37-38-39)22-14-21(26(41)36-35-22)17-5-9-20(10-6-17)33-28(43)44-4/h5-14,16,23H,15H2,1-4H3,(H,31,42)(H,33,43)(H,34,40)(H,36,41)/b12-7+. The summed E-state index contributed by atoms with van der Waals surface area (Å²) in [5.41, 5.74) is 1.35. The molecule has 0 bridgehead atoms. The predicted molar refractivity (Wildman–Crippen MR) is 165 cm³/mol. The third kappa shape index (κ3) is 9.21. The molecule has 1 atom stereocenters. The molecule has 0 saturated heterocycles. The van der Waals surface area contributed by atoms with Crippen LogP contribution in [0, 0.1) is 0 Å². The molecule has 4 aromatic rings. The Labute approximate surface area is 262 Å². The van der Waals surface area contributed by atoms with Crippen LogP contribution >= 0.6 is 11.6 Å². The van der Waals surface area contributed by atoms with Crippen LogP contribution in [0.3, 0.4) is 0 Å². The number of hydrogen-bond acceptors (Lipinski definition) is 10. The van der Waals surface area contributed by atoms with Gasteiger partial charge in [-0.3, -0.25) is 14.9 Å². The fourth-order valence-corrected chi connectivity index (χ4v) is 4.15. The number of hydrogen-bond donors (Lipinski definition) is 4. The molecule has 2 aromatic carbocycles. The molecule has 2 aromatic heterocycles. The number of rotatable bonds is 9. The topological polar surface area (TPSA) is 195 Å². The minimum atomic E-state index is -0.899. The zero-order chi connectivity index (χ0) is 32.6. The lowest BCUT2D eigenvalue weighted by atomic mass is 10.0. The van der Waals surface area contributed by atoms with Crippen LogP contribution in [-0.2, 0) is 14.3 Å². The first-order chi connectivity index (χ1) is 21.4. The van der Waals surface area contributed by atoms with Gasteiger partial charge in [-0.1, -0.05) is 23.7 Å². The van der Waals surface area contributed by atoms with Crippen LogP contribution in [0.4, 0.5) is 15.3 Å². The normalized spacial score (nSPS) is 11.9. The summed E-state index contributed by atoms with van der Waals surface area (Å²) in [7, 11) is 1.25. The maximum absolute atomic E-state index is 13.2. The fraction of sp³-hybridized carbons (Fsp3) is 0.241. The minimum Gasteiger partial charge on any atom is -0.453 e. The molecule has 2 heterocycles. The van der Waals surface area contributed by atoms with Gasteiger partial charge in [0.25, 0.3) is 5.56 Å². The summed E-state index contributed by atoms with van der Waals surface area (Å²) in [5.74, 6) is -0.540. The first-order valence-corrected chi connectivity index (χ1v) is 13.8. The number of anilines is 1. The number of alkyl carbamates (subject to hydrolysis) is 1. The largest absolute Gasteiger partial charge is 0.453 e. The van der Waals surface area contributed by atoms with E-state index in [2.05, 4.69) is 46.4 Å². The molecule has 0 spiro atoms. The highest BCUT2D eigenvalue weighted by molar-refractivity contribution is 6.30. The van der Waals surface area contributed by atoms with Crippen molar-refractivity contribution in [3.05, 3.63) is 87.6 Å². The molecule has 0 fully saturated rings. The first kappa shape index (κ1) is 32.3. The Morgan fingerprint density at radius 3 is 2.51 bits per heavy atom. The van der Waals surface area contributed by atoms with E-state index in [1.165, 1.54) is 36.3 Å². The van der Waals surface area contributed by atoms with E-state index in [9.17, 15) is 19.2 Å². The van der Waals surface area contributed by atoms with Crippen molar-refractivity contribution in [3.8, 4) is 16.8 Å². The molecule has 0 radical (unpaired) electrons. The van der Waals surface area contributed by atoms with Crippen molar-refractivity contribution in [3.63, 3.8) is 0 Å². The lowest BCUT2D eigenvalue weighted by molar-refractivity contribution is -0.117. The molecule has 3 amide bonds. The second kappa shape index (κ2) is 14.3. The average Bonchev–Trinajstić information content (AvgIpc) is 3.53. The van der Waals surface area contributed by atoms with Gasteiger partial charge in [0.15, 0.2) is 0 Å². The van der Waals surface area contributed by atoms with Crippen molar-refractivity contribution < 1.29 is 23.9 Å². The highest BCUT2D eigenvalue weighted by Crippen LogP contribution is 2.22. The van der Waals surface area contributed by atoms with Gasteiger partial charge in [0.1, 0.15) is 11.9 Å². The van der Waals surface area contributed by atoms with E-state index in [-0.39, 0.29) is 17.8 Å². The van der Waals surface area contributed by atoms with Gasteiger partial charge in [-0.25, -0.2) is 14.7 Å². The van der Waals surface area contributed by atoms with Gasteiger partial charge in [-0.15, -0.1) is 5.10 Å². The average molecular weight is 636 g/mol. The van der Waals surface area contributed by atoms with Crippen molar-refractivity contribution in [1.82, 2.24) is 41.0 Å². The highest BCUT2D eigenvalue weighted by Gasteiger charge is 2.21. The SMILES string of the molecule is COC(=O)Nc1ccc(-c2cc(C(CNC(=O)OC(C)(C)C)NC(=O)/C=C/c3cc(Cl)ccc3-n3cnnn3)n[nH]c2=O)cc1. The molecule has 15 nitrogen and oxygen atoms in total. The van der Waals surface area contributed by atoms with Crippen LogP contribution in [0.2, 0.25) is 5.02 Å². The summed E-state index contributed by atoms with van der Waals surface area (Å²) in [6.45, 7) is 5.04. The number of carbonyl (C=O) groups excluding carboxylic acids is 3. The Morgan fingerprint density at radius 2 is 1.84 bits per heavy atom. The van der Waals surface area contributed by atoms with E-state index in [0.717, 1.165) is 0 Å². The van der Waals surface area contributed by atoms with E-state index in [1.54, 1.807) is 63.2 Å². The molecule has 45 heavy (non-hydrogen) atoms. The van der Waals surface area contributed by atoms with E-state index in [1.807, 2.05) is 0 Å². The number of benzene rings is 2. The molecule has 4 N–H and O–H groups in total. The number of tetrazole rings is 1. The smallest absolute Gasteiger partial charge is 0.411 e. The van der Waals surface area contributed by atoms with Crippen LogP contribution in [-0.4, -0.2) is 67.8 Å². The fourth-order valence-electron chi connectivity index (χ4n) is 3.97. The number of halogens is 1. The molecular formula is C29H30ClN9O6. The molecular weight excluding hydrogens is 606 g/mol. The van der Waals surface area contributed by atoms with Crippen LogP contribution < -0.4 is 21.5 Å². The molecule has 0 aliphatic rings. The number of H-pyrrole nitrogens is 1. The van der Waals surface area contributed by atoms with Crippen molar-refractivity contribution in [2.75, 3.05) is 19.0 Å². The Balaban J connectivity index is 1.60. The van der Waals surface area contributed by atoms with E-state index in [4.69, 9.17) is 16.3 Å². The summed E-state index contributed by atoms with van der Waals surface area (Å²) in [5, 5.41) is 26.1. The molecule has 0 saturated carbocycles. The van der Waals surface area contributed by atoms with Crippen LogP contribution in [0.15, 0.2) is 65.7 Å². The molecule has 1 unspecified atom stereocenters. The third-order valence-corrected chi connectivity index (χ3v) is 6.21. The number of amides is 3. The third-order valence-electron chi connectivity index (χ3n) is 5.97. The zero-order valence-corrected chi connectivity index (χ0v) is 25.5. The summed E-state index contributed by atoms with van der Waals surface area (Å²) >= 11 is 6.18. The summed E-state index contributed by atoms with van der Waals surface area (Å²) in [4.78, 5) is 49.8. The van der Waals surface area contributed by atoms with E-state index >= 15 is 0 Å². The number of aromatic nitrogens is 6. The Morgan fingerprint density at radius 1 is 1.09 bits per heavy atom. The Kier molecular flexibility index (Phi) is 10.3. The molecule has 4 rings (SSSR count). The molecule has 234 valence electrons. The first-order valence-electron chi connectivity index (χ1n) is 13.4. The number of nitrogens with one attached hydrogen (secondary N) is 4. The number of methoxy groups -OCH3 is 1. The maximum atomic E-state index is 13.2. The predicted octanol–water partition coefficient (Wildman–Crippen LogP) is 3.64. The van der Waals surface area contributed by atoms with Crippen LogP contribution in [0.5, 0.6) is 0 Å². The van der Waals surface area contributed by atoms with E-state index in [0.29, 0.717) is 27.5 Å². The second-order valence-electron chi connectivity index (χ2n) is 10.5. The summed E-state index contributed by atoms with van der Waals surface area (Å²) < 4.78 is 11.3. The Bertz CT molecular complexity index is 1750. The maximum Gasteiger partial charge on any atom is 0.411 e. The lowest BCUT2D eigenvalue weighted by Gasteiger charge is -2.22. The minimum absolute atomic E-state index is 0.123. The van der Waals surface area contributed by atoms with Gasteiger partial charge in [-0.2, -0.15) is 9.78 Å². The summed E-state index contributed by atoms with van der Waals surface area (Å²) in [6.07, 6.45) is 2.87. The monoisotopic (exact) mass is 635 g/mol. The molecule has 16 heteroatoms. The van der Waals surface area contributed by atoms with Gasteiger partial charge in [0.05, 0.1) is 30.1 Å². The highest BCUT2D eigenvalue weighted by atomic mass is 35.5. The van der Waals surface area contributed by atoms with Gasteiger partial charge in [0.2, 0.25) is 5.91 Å². The summed E-state index contributed by atoms with van der Waals surface area (Å²) in [6, 6.07) is 12.1. The van der Waals surface area contributed by atoms with Gasteiger partial charge in [0, 0.05) is 28.9 Å². The van der Waals surface area contributed by atoms with Gasteiger partial charge >= 0.3 is 12.2 Å². The van der Waals surface area contributed by atoms with Gasteiger partial charge in [-0.05, 0) is 79.2 Å². The van der Waals surface area contributed by atoms with Crippen molar-refractivity contribution in [2.45, 2.75) is 32.4 Å². The lowest BCUT2D eigenvalue weighted by Crippen LogP contribution is -2.40. The number of aromatic amines is 1. The quantitative estimate of drug-likeness (QED) is 0.197. The molecule has 0 aliphatic heterocycles. The number of nitrogens with zero attached hydrogens (tertiary/aromatic N) is 5. The van der Waals surface area contributed by atoms with Crippen molar-refractivity contribution >= 4 is 41.5 Å². The molecule has 0 aliphatic carbocycles. The van der Waals surface area contributed by atoms with Gasteiger partial charge < -0.3 is 20.1 Å². The van der Waals surface area contributed by atoms with E-state index < -0.39 is 35.3 Å². The van der Waals surface area contributed by atoms with Crippen LogP contribution in [0.25, 0.3) is 22.9 Å². The second-order valence-corrected chi connectivity index (χ2v) is 10.9. The van der Waals surface area contributed by atoms with Crippen molar-refractivity contribution in [1.29, 1.82) is 0 Å². The number of ether oxygens (including phenoxy) is 2. The van der Waals surface area contributed by atoms with Crippen LogP contribution in [0.1, 0.15) is 38.1 Å². The number of carbonyl (C=O) groups is 3.